The van der Waals surface area contributed by atoms with E-state index in [0.717, 1.165) is 69.9 Å². The highest BCUT2D eigenvalue weighted by Crippen LogP contribution is 2.39. The third-order valence-corrected chi connectivity index (χ3v) is 7.71. The largest absolute Gasteiger partial charge is 0.380 e. The Kier molecular flexibility index (Phi) is 7.14. The molecule has 0 spiro atoms. The number of aliphatic hydroxyl groups excluding tert-OH is 1. The van der Waals surface area contributed by atoms with E-state index in [-0.39, 0.29) is 29.2 Å². The molecule has 2 atom stereocenters. The number of aliphatic hydroxyl groups is 1. The van der Waals surface area contributed by atoms with Gasteiger partial charge in [0.05, 0.1) is 11.0 Å². The Hall–Kier alpha value is -2.80. The van der Waals surface area contributed by atoms with Gasteiger partial charge in [-0.2, -0.15) is 0 Å². The molecule has 0 bridgehead atoms. The van der Waals surface area contributed by atoms with Crippen LogP contribution in [0.4, 0.5) is 8.78 Å². The predicted molar refractivity (Wildman–Crippen MR) is 131 cm³/mol. The number of halogens is 2. The Bertz CT molecular complexity index is 1170. The van der Waals surface area contributed by atoms with Crippen molar-refractivity contribution in [2.45, 2.75) is 82.4 Å². The third kappa shape index (κ3) is 4.96. The summed E-state index contributed by atoms with van der Waals surface area (Å²) in [5.41, 5.74) is 1.18. The standard InChI is InChI=1S/C28H33F2N3O2/c29-21-16-23-24(17-22(21)30)33(27(32-23)26(34)19-12-6-2-7-13-19)25(18-10-4-1-5-11-18)28(35)31-20-14-8-3-9-15-20/h2,6-7,12-13,16-18,20,25-26,34H,1,3-5,8-11,14-15H2,(H,31,35)/t25?,26-/m0/s1. The number of amides is 1. The highest BCUT2D eigenvalue weighted by molar-refractivity contribution is 5.85. The van der Waals surface area contributed by atoms with Crippen LogP contribution in [0.1, 0.15) is 87.7 Å². The minimum Gasteiger partial charge on any atom is -0.380 e. The average molecular weight is 482 g/mol. The van der Waals surface area contributed by atoms with E-state index >= 15 is 0 Å². The number of hydrogen-bond acceptors (Lipinski definition) is 3. The second-order valence-electron chi connectivity index (χ2n) is 10.1. The molecular weight excluding hydrogens is 448 g/mol. The van der Waals surface area contributed by atoms with Crippen molar-refractivity contribution < 1.29 is 18.7 Å². The van der Waals surface area contributed by atoms with Gasteiger partial charge in [-0.25, -0.2) is 13.8 Å². The summed E-state index contributed by atoms with van der Waals surface area (Å²) in [5.74, 6) is -1.84. The van der Waals surface area contributed by atoms with Gasteiger partial charge >= 0.3 is 0 Å². The van der Waals surface area contributed by atoms with Gasteiger partial charge in [-0.05, 0) is 37.2 Å². The number of hydrogen-bond donors (Lipinski definition) is 2. The van der Waals surface area contributed by atoms with E-state index in [0.29, 0.717) is 11.1 Å². The van der Waals surface area contributed by atoms with Crippen molar-refractivity contribution in [3.8, 4) is 0 Å². The molecule has 1 heterocycles. The van der Waals surface area contributed by atoms with Crippen molar-refractivity contribution in [1.29, 1.82) is 0 Å². The monoisotopic (exact) mass is 481 g/mol. The molecule has 1 unspecified atom stereocenters. The molecule has 0 saturated heterocycles. The zero-order valence-corrected chi connectivity index (χ0v) is 19.9. The summed E-state index contributed by atoms with van der Waals surface area (Å²) in [6, 6.07) is 10.7. The SMILES string of the molecule is O=C(NC1CCCCC1)C(C1CCCCC1)n1c([C@@H](O)c2ccccc2)nc2cc(F)c(F)cc21. The van der Waals surface area contributed by atoms with Crippen LogP contribution in [-0.2, 0) is 4.79 Å². The molecule has 3 aromatic rings. The predicted octanol–water partition coefficient (Wildman–Crippen LogP) is 5.97. The number of nitrogens with zero attached hydrogens (tertiary/aromatic N) is 2. The molecule has 2 fully saturated rings. The van der Waals surface area contributed by atoms with E-state index in [1.54, 1.807) is 16.7 Å². The van der Waals surface area contributed by atoms with Crippen molar-refractivity contribution in [1.82, 2.24) is 14.9 Å². The van der Waals surface area contributed by atoms with Crippen LogP contribution in [0.5, 0.6) is 0 Å². The van der Waals surface area contributed by atoms with Crippen LogP contribution in [0, 0.1) is 17.6 Å². The Morgan fingerprint density at radius 1 is 0.943 bits per heavy atom. The molecule has 1 amide bonds. The molecule has 2 aliphatic rings. The topological polar surface area (TPSA) is 67.2 Å². The van der Waals surface area contributed by atoms with E-state index in [4.69, 9.17) is 0 Å². The summed E-state index contributed by atoms with van der Waals surface area (Å²) in [6.45, 7) is 0. The first-order valence-electron chi connectivity index (χ1n) is 12.9. The van der Waals surface area contributed by atoms with Crippen LogP contribution >= 0.6 is 0 Å². The van der Waals surface area contributed by atoms with Crippen LogP contribution in [0.2, 0.25) is 0 Å². The summed E-state index contributed by atoms with van der Waals surface area (Å²) < 4.78 is 30.3. The molecule has 2 saturated carbocycles. The van der Waals surface area contributed by atoms with Gasteiger partial charge in [0.1, 0.15) is 18.0 Å². The first-order valence-corrected chi connectivity index (χ1v) is 12.9. The zero-order valence-electron chi connectivity index (χ0n) is 19.9. The fourth-order valence-electron chi connectivity index (χ4n) is 5.90. The molecule has 0 radical (unpaired) electrons. The van der Waals surface area contributed by atoms with Crippen LogP contribution in [0.15, 0.2) is 42.5 Å². The molecule has 186 valence electrons. The Morgan fingerprint density at radius 2 is 1.57 bits per heavy atom. The fraction of sp³-hybridized carbons (Fsp3) is 0.500. The highest BCUT2D eigenvalue weighted by atomic mass is 19.2. The molecule has 35 heavy (non-hydrogen) atoms. The lowest BCUT2D eigenvalue weighted by Crippen LogP contribution is -2.44. The summed E-state index contributed by atoms with van der Waals surface area (Å²) in [4.78, 5) is 18.5. The molecule has 2 N–H and O–H groups in total. The fourth-order valence-corrected chi connectivity index (χ4v) is 5.90. The quantitative estimate of drug-likeness (QED) is 0.456. The van der Waals surface area contributed by atoms with Gasteiger partial charge in [-0.3, -0.25) is 4.79 Å². The number of carbonyl (C=O) groups is 1. The third-order valence-electron chi connectivity index (χ3n) is 7.71. The van der Waals surface area contributed by atoms with Gasteiger partial charge in [-0.1, -0.05) is 68.9 Å². The Balaban J connectivity index is 1.64. The van der Waals surface area contributed by atoms with E-state index < -0.39 is 23.8 Å². The number of nitrogens with one attached hydrogen (secondary N) is 1. The van der Waals surface area contributed by atoms with E-state index in [1.807, 2.05) is 18.2 Å². The molecule has 1 aromatic heterocycles. The second-order valence-corrected chi connectivity index (χ2v) is 10.1. The van der Waals surface area contributed by atoms with Crippen LogP contribution < -0.4 is 5.32 Å². The lowest BCUT2D eigenvalue weighted by atomic mass is 9.82. The lowest BCUT2D eigenvalue weighted by molar-refractivity contribution is -0.127. The van der Waals surface area contributed by atoms with E-state index in [2.05, 4.69) is 10.3 Å². The summed E-state index contributed by atoms with van der Waals surface area (Å²) in [6.07, 6.45) is 9.03. The summed E-state index contributed by atoms with van der Waals surface area (Å²) in [7, 11) is 0. The maximum Gasteiger partial charge on any atom is 0.243 e. The minimum atomic E-state index is -1.14. The van der Waals surface area contributed by atoms with E-state index in [9.17, 15) is 18.7 Å². The van der Waals surface area contributed by atoms with Gasteiger partial charge < -0.3 is 15.0 Å². The van der Waals surface area contributed by atoms with Crippen LogP contribution in [-0.4, -0.2) is 26.6 Å². The van der Waals surface area contributed by atoms with Crippen LogP contribution in [0.25, 0.3) is 11.0 Å². The Morgan fingerprint density at radius 3 is 2.26 bits per heavy atom. The number of aromatic nitrogens is 2. The molecule has 5 nitrogen and oxygen atoms in total. The number of carbonyl (C=O) groups excluding carboxylic acids is 1. The second kappa shape index (κ2) is 10.4. The molecular formula is C28H33F2N3O2. The average Bonchev–Trinajstić information content (AvgIpc) is 3.23. The summed E-state index contributed by atoms with van der Waals surface area (Å²) in [5, 5.41) is 14.6. The van der Waals surface area contributed by atoms with Gasteiger partial charge in [0, 0.05) is 18.2 Å². The van der Waals surface area contributed by atoms with Gasteiger partial charge in [-0.15, -0.1) is 0 Å². The number of rotatable bonds is 6. The Labute approximate surface area is 204 Å². The van der Waals surface area contributed by atoms with Crippen molar-refractivity contribution in [2.75, 3.05) is 0 Å². The smallest absolute Gasteiger partial charge is 0.243 e. The molecule has 2 aliphatic carbocycles. The van der Waals surface area contributed by atoms with Gasteiger partial charge in [0.2, 0.25) is 5.91 Å². The first kappa shape index (κ1) is 23.9. The van der Waals surface area contributed by atoms with Crippen LogP contribution in [0.3, 0.4) is 0 Å². The first-order chi connectivity index (χ1) is 17.0. The lowest BCUT2D eigenvalue weighted by Gasteiger charge is -2.34. The zero-order chi connectivity index (χ0) is 24.4. The maximum absolute atomic E-state index is 14.5. The molecule has 0 aliphatic heterocycles. The molecule has 5 rings (SSSR count). The highest BCUT2D eigenvalue weighted by Gasteiger charge is 2.36. The number of benzene rings is 2. The van der Waals surface area contributed by atoms with Gasteiger partial charge in [0.25, 0.3) is 0 Å². The van der Waals surface area contributed by atoms with Crippen molar-refractivity contribution in [3.05, 3.63) is 65.5 Å². The van der Waals surface area contributed by atoms with E-state index in [1.165, 1.54) is 6.42 Å². The van der Waals surface area contributed by atoms with Gasteiger partial charge in [0.15, 0.2) is 11.6 Å². The minimum absolute atomic E-state index is 0.0274. The summed E-state index contributed by atoms with van der Waals surface area (Å²) >= 11 is 0. The normalized spacial score (nSPS) is 19.5. The molecule has 2 aromatic carbocycles. The number of imidazole rings is 1. The van der Waals surface area contributed by atoms with Crippen molar-refractivity contribution in [3.63, 3.8) is 0 Å². The maximum atomic E-state index is 14.5. The van der Waals surface area contributed by atoms with Crippen molar-refractivity contribution in [2.24, 2.45) is 5.92 Å². The molecule has 7 heteroatoms. The number of fused-ring (bicyclic) bond motifs is 1. The van der Waals surface area contributed by atoms with Crippen molar-refractivity contribution >= 4 is 16.9 Å².